The van der Waals surface area contributed by atoms with Gasteiger partial charge in [0.05, 0.1) is 0 Å². The highest BCUT2D eigenvalue weighted by molar-refractivity contribution is 9.09. The number of hydrogen-bond acceptors (Lipinski definition) is 4. The van der Waals surface area contributed by atoms with E-state index in [1.165, 1.54) is 4.90 Å². The van der Waals surface area contributed by atoms with Gasteiger partial charge in [0.2, 0.25) is 0 Å². The molecule has 5 nitrogen and oxygen atoms in total. The number of likely N-dealkylation sites (tertiary alicyclic amines) is 1. The molecule has 1 fully saturated rings. The highest BCUT2D eigenvalue weighted by Crippen LogP contribution is 2.24. The van der Waals surface area contributed by atoms with Crippen molar-refractivity contribution >= 4 is 27.7 Å². The van der Waals surface area contributed by atoms with Crippen molar-refractivity contribution in [3.05, 3.63) is 35.9 Å². The second-order valence-electron chi connectivity index (χ2n) is 5.24. The Labute approximate surface area is 146 Å². The van der Waals surface area contributed by atoms with Crippen LogP contribution in [0.2, 0.25) is 0 Å². The SMILES string of the molecule is O=C(OCc1ccccc1)N1CCC(=NNC(Br)C(F)(F)F)CC1. The van der Waals surface area contributed by atoms with Gasteiger partial charge in [-0.1, -0.05) is 46.3 Å². The molecule has 0 saturated carbocycles. The number of halogens is 4. The van der Waals surface area contributed by atoms with E-state index >= 15 is 0 Å². The Morgan fingerprint density at radius 1 is 1.29 bits per heavy atom. The molecule has 24 heavy (non-hydrogen) atoms. The third kappa shape index (κ3) is 5.70. The fraction of sp³-hybridized carbons (Fsp3) is 0.467. The normalized spacial score (nSPS) is 16.5. The van der Waals surface area contributed by atoms with Gasteiger partial charge >= 0.3 is 12.3 Å². The van der Waals surface area contributed by atoms with Crippen LogP contribution in [0, 0.1) is 0 Å². The summed E-state index contributed by atoms with van der Waals surface area (Å²) >= 11 is 2.48. The lowest BCUT2D eigenvalue weighted by molar-refractivity contribution is -0.132. The first kappa shape index (κ1) is 18.6. The quantitative estimate of drug-likeness (QED) is 0.470. The number of hydrazone groups is 1. The minimum Gasteiger partial charge on any atom is -0.445 e. The number of alkyl halides is 4. The van der Waals surface area contributed by atoms with Crippen LogP contribution >= 0.6 is 15.9 Å². The molecule has 0 spiro atoms. The highest BCUT2D eigenvalue weighted by Gasteiger charge is 2.37. The number of amides is 1. The van der Waals surface area contributed by atoms with Crippen LogP contribution in [-0.4, -0.2) is 40.9 Å². The number of nitrogens with one attached hydrogen (secondary N) is 1. The number of nitrogens with zero attached hydrogens (tertiary/aromatic N) is 2. The average molecular weight is 408 g/mol. The van der Waals surface area contributed by atoms with Crippen molar-refractivity contribution in [2.24, 2.45) is 5.10 Å². The first-order valence-corrected chi connectivity index (χ1v) is 8.25. The molecule has 0 aliphatic carbocycles. The van der Waals surface area contributed by atoms with Crippen LogP contribution < -0.4 is 5.43 Å². The van der Waals surface area contributed by atoms with Gasteiger partial charge in [0.1, 0.15) is 6.61 Å². The number of ether oxygens (including phenoxy) is 1. The van der Waals surface area contributed by atoms with Gasteiger partial charge < -0.3 is 9.64 Å². The van der Waals surface area contributed by atoms with Gasteiger partial charge in [0.25, 0.3) is 0 Å². The van der Waals surface area contributed by atoms with E-state index in [9.17, 15) is 18.0 Å². The molecule has 1 heterocycles. The predicted molar refractivity (Wildman–Crippen MR) is 86.8 cm³/mol. The minimum absolute atomic E-state index is 0.190. The molecule has 0 bridgehead atoms. The van der Waals surface area contributed by atoms with E-state index in [0.29, 0.717) is 31.6 Å². The molecule has 2 rings (SSSR count). The topological polar surface area (TPSA) is 53.9 Å². The Hall–Kier alpha value is -1.77. The maximum Gasteiger partial charge on any atom is 0.420 e. The standard InChI is InChI=1S/C15H17BrF3N3O2/c16-13(15(17,18)19)21-20-12-6-8-22(9-7-12)14(23)24-10-11-4-2-1-3-5-11/h1-5,13,21H,6-10H2. The summed E-state index contributed by atoms with van der Waals surface area (Å²) in [6.07, 6.45) is -4.03. The summed E-state index contributed by atoms with van der Waals surface area (Å²) < 4.78 is 42.3. The van der Waals surface area contributed by atoms with Crippen molar-refractivity contribution in [3.8, 4) is 0 Å². The molecule has 1 aromatic rings. The molecule has 132 valence electrons. The maximum atomic E-state index is 12.3. The maximum absolute atomic E-state index is 12.3. The van der Waals surface area contributed by atoms with Crippen molar-refractivity contribution in [1.29, 1.82) is 0 Å². The monoisotopic (exact) mass is 407 g/mol. The molecule has 9 heteroatoms. The van der Waals surface area contributed by atoms with Gasteiger partial charge in [-0.15, -0.1) is 0 Å². The van der Waals surface area contributed by atoms with E-state index in [1.807, 2.05) is 35.8 Å². The lowest BCUT2D eigenvalue weighted by Gasteiger charge is -2.27. The van der Waals surface area contributed by atoms with E-state index < -0.39 is 17.2 Å². The van der Waals surface area contributed by atoms with E-state index in [-0.39, 0.29) is 6.61 Å². The summed E-state index contributed by atoms with van der Waals surface area (Å²) in [5.41, 5.74) is 3.51. The van der Waals surface area contributed by atoms with Crippen LogP contribution in [0.1, 0.15) is 18.4 Å². The molecule has 1 unspecified atom stereocenters. The third-order valence-corrected chi connectivity index (χ3v) is 4.15. The van der Waals surface area contributed by atoms with Crippen molar-refractivity contribution in [3.63, 3.8) is 0 Å². The second kappa shape index (κ2) is 8.36. The van der Waals surface area contributed by atoms with Gasteiger partial charge in [-0.3, -0.25) is 5.43 Å². The number of benzene rings is 1. The number of piperidine rings is 1. The van der Waals surface area contributed by atoms with Crippen molar-refractivity contribution in [2.45, 2.75) is 30.6 Å². The summed E-state index contributed by atoms with van der Waals surface area (Å²) in [5, 5.41) is 3.76. The van der Waals surface area contributed by atoms with Crippen LogP contribution in [0.3, 0.4) is 0 Å². The van der Waals surface area contributed by atoms with E-state index in [0.717, 1.165) is 5.56 Å². The van der Waals surface area contributed by atoms with Crippen molar-refractivity contribution in [1.82, 2.24) is 10.3 Å². The van der Waals surface area contributed by atoms with Gasteiger partial charge in [-0.25, -0.2) is 4.79 Å². The molecule has 0 radical (unpaired) electrons. The molecule has 1 aromatic carbocycles. The lowest BCUT2D eigenvalue weighted by Crippen LogP contribution is -2.40. The zero-order valence-corrected chi connectivity index (χ0v) is 14.3. The lowest BCUT2D eigenvalue weighted by atomic mass is 10.1. The summed E-state index contributed by atoms with van der Waals surface area (Å²) in [4.78, 5) is 11.6. The van der Waals surface area contributed by atoms with E-state index in [2.05, 4.69) is 21.0 Å². The second-order valence-corrected chi connectivity index (χ2v) is 6.15. The fourth-order valence-corrected chi connectivity index (χ4v) is 2.19. The van der Waals surface area contributed by atoms with Gasteiger partial charge in [-0.05, 0) is 5.56 Å². The van der Waals surface area contributed by atoms with Crippen LogP contribution in [0.25, 0.3) is 0 Å². The first-order valence-electron chi connectivity index (χ1n) is 7.33. The molecule has 1 amide bonds. The van der Waals surface area contributed by atoms with Crippen LogP contribution in [0.4, 0.5) is 18.0 Å². The Bertz CT molecular complexity index is 571. The zero-order chi connectivity index (χ0) is 17.6. The third-order valence-electron chi connectivity index (χ3n) is 3.43. The summed E-state index contributed by atoms with van der Waals surface area (Å²) in [5.74, 6) is 0. The minimum atomic E-state index is -4.41. The molecule has 1 aliphatic heterocycles. The number of hydrogen-bond donors (Lipinski definition) is 1. The summed E-state index contributed by atoms with van der Waals surface area (Å²) in [6, 6.07) is 9.31. The van der Waals surface area contributed by atoms with Gasteiger partial charge in [0.15, 0.2) is 4.95 Å². The van der Waals surface area contributed by atoms with Gasteiger partial charge in [0, 0.05) is 31.6 Å². The summed E-state index contributed by atoms with van der Waals surface area (Å²) in [6.45, 7) is 0.926. The highest BCUT2D eigenvalue weighted by atomic mass is 79.9. The van der Waals surface area contributed by atoms with E-state index in [4.69, 9.17) is 4.74 Å². The molecule has 1 atom stereocenters. The van der Waals surface area contributed by atoms with E-state index in [1.54, 1.807) is 0 Å². The Morgan fingerprint density at radius 2 is 1.92 bits per heavy atom. The Balaban J connectivity index is 1.74. The molecular formula is C15H17BrF3N3O2. The number of carbonyl (C=O) groups excluding carboxylic acids is 1. The number of carbonyl (C=O) groups is 1. The Kier molecular flexibility index (Phi) is 6.47. The van der Waals surface area contributed by atoms with Crippen LogP contribution in [0.15, 0.2) is 35.4 Å². The molecule has 1 N–H and O–H groups in total. The van der Waals surface area contributed by atoms with Crippen molar-refractivity contribution < 1.29 is 22.7 Å². The smallest absolute Gasteiger partial charge is 0.420 e. The molecule has 1 aliphatic rings. The first-order chi connectivity index (χ1) is 11.4. The van der Waals surface area contributed by atoms with Gasteiger partial charge in [-0.2, -0.15) is 18.3 Å². The molecule has 1 saturated heterocycles. The average Bonchev–Trinajstić information content (AvgIpc) is 2.58. The summed E-state index contributed by atoms with van der Waals surface area (Å²) in [7, 11) is 0. The van der Waals surface area contributed by atoms with Crippen molar-refractivity contribution in [2.75, 3.05) is 13.1 Å². The molecular weight excluding hydrogens is 391 g/mol. The number of rotatable bonds is 4. The fourth-order valence-electron chi connectivity index (χ4n) is 2.09. The Morgan fingerprint density at radius 3 is 2.50 bits per heavy atom. The largest absolute Gasteiger partial charge is 0.445 e. The zero-order valence-electron chi connectivity index (χ0n) is 12.7. The predicted octanol–water partition coefficient (Wildman–Crippen LogP) is 3.65. The van der Waals surface area contributed by atoms with Crippen LogP contribution in [-0.2, 0) is 11.3 Å². The molecule has 0 aromatic heterocycles. The van der Waals surface area contributed by atoms with Crippen LogP contribution in [0.5, 0.6) is 0 Å².